The third-order valence-electron chi connectivity index (χ3n) is 3.52. The quantitative estimate of drug-likeness (QED) is 0.774. The molecule has 1 aromatic heterocycles. The van der Waals surface area contributed by atoms with Gasteiger partial charge >= 0.3 is 6.61 Å². The van der Waals surface area contributed by atoms with Crippen molar-refractivity contribution in [2.75, 3.05) is 11.1 Å². The Morgan fingerprint density at radius 2 is 2.17 bits per heavy atom. The molecule has 24 heavy (non-hydrogen) atoms. The first-order chi connectivity index (χ1) is 11.5. The highest BCUT2D eigenvalue weighted by atomic mass is 32.2. The van der Waals surface area contributed by atoms with Gasteiger partial charge in [0.25, 0.3) is 0 Å². The molecule has 6 nitrogen and oxygen atoms in total. The van der Waals surface area contributed by atoms with Crippen LogP contribution in [0.5, 0.6) is 5.75 Å². The largest absolute Gasteiger partial charge is 0.433 e. The summed E-state index contributed by atoms with van der Waals surface area (Å²) in [6.45, 7) is -2.95. The number of rotatable bonds is 7. The van der Waals surface area contributed by atoms with Gasteiger partial charge in [0.2, 0.25) is 5.91 Å². The molecule has 0 saturated heterocycles. The number of nitrogens with one attached hydrogen (secondary N) is 1. The number of halogens is 2. The van der Waals surface area contributed by atoms with Crippen molar-refractivity contribution >= 4 is 23.4 Å². The van der Waals surface area contributed by atoms with Crippen LogP contribution in [0.2, 0.25) is 0 Å². The first-order valence-electron chi connectivity index (χ1n) is 7.40. The zero-order valence-electron chi connectivity index (χ0n) is 12.9. The summed E-state index contributed by atoms with van der Waals surface area (Å²) in [4.78, 5) is 12.1. The SMILES string of the molecule is Cn1c(SCC(=O)Nc2ccccc2OC(F)F)nnc1C1CC1. The van der Waals surface area contributed by atoms with Crippen molar-refractivity contribution in [3.05, 3.63) is 30.1 Å². The summed E-state index contributed by atoms with van der Waals surface area (Å²) < 4.78 is 31.0. The number of carbonyl (C=O) groups excluding carboxylic acids is 1. The molecule has 1 aromatic carbocycles. The molecule has 1 aliphatic carbocycles. The van der Waals surface area contributed by atoms with Crippen molar-refractivity contribution in [3.63, 3.8) is 0 Å². The lowest BCUT2D eigenvalue weighted by Gasteiger charge is -2.11. The lowest BCUT2D eigenvalue weighted by atomic mass is 10.3. The Kier molecular flexibility index (Phi) is 4.98. The Hall–Kier alpha value is -2.16. The minimum atomic E-state index is -2.95. The normalized spacial score (nSPS) is 14.0. The van der Waals surface area contributed by atoms with Gasteiger partial charge in [0.05, 0.1) is 11.4 Å². The van der Waals surface area contributed by atoms with E-state index in [0.29, 0.717) is 11.1 Å². The van der Waals surface area contributed by atoms with Crippen molar-refractivity contribution in [2.45, 2.75) is 30.5 Å². The van der Waals surface area contributed by atoms with Gasteiger partial charge in [0.15, 0.2) is 5.16 Å². The van der Waals surface area contributed by atoms with E-state index < -0.39 is 6.61 Å². The van der Waals surface area contributed by atoms with Gasteiger partial charge < -0.3 is 14.6 Å². The highest BCUT2D eigenvalue weighted by molar-refractivity contribution is 7.99. The van der Waals surface area contributed by atoms with E-state index in [-0.39, 0.29) is 23.1 Å². The van der Waals surface area contributed by atoms with Crippen LogP contribution in [0, 0.1) is 0 Å². The maximum absolute atomic E-state index is 12.4. The molecule has 128 valence electrons. The van der Waals surface area contributed by atoms with E-state index in [1.807, 2.05) is 11.6 Å². The minimum Gasteiger partial charge on any atom is -0.433 e. The Labute approximate surface area is 141 Å². The molecule has 1 saturated carbocycles. The number of amides is 1. The second-order valence-electron chi connectivity index (χ2n) is 5.39. The molecule has 0 spiro atoms. The summed E-state index contributed by atoms with van der Waals surface area (Å²) in [6, 6.07) is 6.07. The lowest BCUT2D eigenvalue weighted by Crippen LogP contribution is -2.16. The topological polar surface area (TPSA) is 69.0 Å². The average Bonchev–Trinajstić information content (AvgIpc) is 3.31. The molecule has 2 aromatic rings. The van der Waals surface area contributed by atoms with Crippen LogP contribution in [0.1, 0.15) is 24.6 Å². The number of hydrogen-bond donors (Lipinski definition) is 1. The zero-order chi connectivity index (χ0) is 17.1. The molecular weight excluding hydrogens is 338 g/mol. The highest BCUT2D eigenvalue weighted by Crippen LogP contribution is 2.39. The Morgan fingerprint density at radius 1 is 1.42 bits per heavy atom. The van der Waals surface area contributed by atoms with Gasteiger partial charge in [-0.3, -0.25) is 4.79 Å². The number of aromatic nitrogens is 3. The molecule has 0 aliphatic heterocycles. The van der Waals surface area contributed by atoms with E-state index in [2.05, 4.69) is 20.3 Å². The van der Waals surface area contributed by atoms with Crippen molar-refractivity contribution in [3.8, 4) is 5.75 Å². The summed E-state index contributed by atoms with van der Waals surface area (Å²) in [5.41, 5.74) is 0.208. The van der Waals surface area contributed by atoms with Crippen LogP contribution in [0.3, 0.4) is 0 Å². The Bertz CT molecular complexity index is 734. The fraction of sp³-hybridized carbons (Fsp3) is 0.400. The van der Waals surface area contributed by atoms with Gasteiger partial charge in [-0.25, -0.2) is 0 Å². The predicted octanol–water partition coefficient (Wildman–Crippen LogP) is 3.02. The molecule has 1 fully saturated rings. The van der Waals surface area contributed by atoms with Gasteiger partial charge in [-0.05, 0) is 25.0 Å². The monoisotopic (exact) mass is 354 g/mol. The first kappa shape index (κ1) is 16.7. The van der Waals surface area contributed by atoms with Gasteiger partial charge in [-0.1, -0.05) is 23.9 Å². The number of alkyl halides is 2. The van der Waals surface area contributed by atoms with Crippen LogP contribution in [0.25, 0.3) is 0 Å². The third kappa shape index (κ3) is 4.02. The maximum atomic E-state index is 12.4. The molecule has 9 heteroatoms. The summed E-state index contributed by atoms with van der Waals surface area (Å²) in [5, 5.41) is 11.5. The van der Waals surface area contributed by atoms with Crippen molar-refractivity contribution in [1.29, 1.82) is 0 Å². The summed E-state index contributed by atoms with van der Waals surface area (Å²) in [7, 11) is 1.87. The van der Waals surface area contributed by atoms with Gasteiger partial charge in [-0.2, -0.15) is 8.78 Å². The molecule has 0 atom stereocenters. The van der Waals surface area contributed by atoms with Gasteiger partial charge in [-0.15, -0.1) is 10.2 Å². The van der Waals surface area contributed by atoms with E-state index in [9.17, 15) is 13.6 Å². The van der Waals surface area contributed by atoms with E-state index >= 15 is 0 Å². The van der Waals surface area contributed by atoms with Gasteiger partial charge in [0, 0.05) is 13.0 Å². The Balaban J connectivity index is 1.58. The van der Waals surface area contributed by atoms with Crippen LogP contribution in [0.15, 0.2) is 29.4 Å². The molecule has 1 aliphatic rings. The Morgan fingerprint density at radius 3 is 2.88 bits per heavy atom. The average molecular weight is 354 g/mol. The molecule has 0 bridgehead atoms. The van der Waals surface area contributed by atoms with Crippen molar-refractivity contribution in [2.24, 2.45) is 7.05 Å². The molecule has 1 heterocycles. The molecule has 1 N–H and O–H groups in total. The number of nitrogens with zero attached hydrogens (tertiary/aromatic N) is 3. The number of para-hydroxylation sites is 2. The third-order valence-corrected chi connectivity index (χ3v) is 4.54. The molecule has 0 unspecified atom stereocenters. The maximum Gasteiger partial charge on any atom is 0.387 e. The number of benzene rings is 1. The second kappa shape index (κ2) is 7.16. The standard InChI is InChI=1S/C15H16F2N4O2S/c1-21-13(9-6-7-9)19-20-15(21)24-8-12(22)18-10-4-2-3-5-11(10)23-14(16)17/h2-5,9,14H,6-8H2,1H3,(H,18,22). The van der Waals surface area contributed by atoms with Crippen LogP contribution in [-0.2, 0) is 11.8 Å². The van der Waals surface area contributed by atoms with Crippen LogP contribution in [-0.4, -0.2) is 33.0 Å². The summed E-state index contributed by atoms with van der Waals surface area (Å²) in [5.74, 6) is 1.11. The van der Waals surface area contributed by atoms with Crippen LogP contribution < -0.4 is 10.1 Å². The first-order valence-corrected chi connectivity index (χ1v) is 8.39. The highest BCUT2D eigenvalue weighted by Gasteiger charge is 2.29. The van der Waals surface area contributed by atoms with Crippen molar-refractivity contribution < 1.29 is 18.3 Å². The second-order valence-corrected chi connectivity index (χ2v) is 6.33. The lowest BCUT2D eigenvalue weighted by molar-refractivity contribution is -0.113. The molecule has 3 rings (SSSR count). The van der Waals surface area contributed by atoms with E-state index in [1.54, 1.807) is 12.1 Å². The molecular formula is C15H16F2N4O2S. The van der Waals surface area contributed by atoms with E-state index in [4.69, 9.17) is 0 Å². The molecule has 0 radical (unpaired) electrons. The minimum absolute atomic E-state index is 0.0690. The number of anilines is 1. The smallest absolute Gasteiger partial charge is 0.387 e. The van der Waals surface area contributed by atoms with Crippen LogP contribution in [0.4, 0.5) is 14.5 Å². The predicted molar refractivity (Wildman–Crippen MR) is 85.4 cm³/mol. The zero-order valence-corrected chi connectivity index (χ0v) is 13.7. The van der Waals surface area contributed by atoms with E-state index in [0.717, 1.165) is 18.7 Å². The summed E-state index contributed by atoms with van der Waals surface area (Å²) in [6.07, 6.45) is 2.25. The van der Waals surface area contributed by atoms with Gasteiger partial charge in [0.1, 0.15) is 11.6 Å². The van der Waals surface area contributed by atoms with E-state index in [1.165, 1.54) is 23.9 Å². The number of thioether (sulfide) groups is 1. The van der Waals surface area contributed by atoms with Crippen LogP contribution >= 0.6 is 11.8 Å². The number of carbonyl (C=O) groups is 1. The molecule has 1 amide bonds. The fourth-order valence-corrected chi connectivity index (χ4v) is 2.95. The number of hydrogen-bond acceptors (Lipinski definition) is 5. The fourth-order valence-electron chi connectivity index (χ4n) is 2.23. The number of ether oxygens (including phenoxy) is 1. The van der Waals surface area contributed by atoms with Crippen molar-refractivity contribution in [1.82, 2.24) is 14.8 Å². The summed E-state index contributed by atoms with van der Waals surface area (Å²) >= 11 is 1.25.